The number of aryl methyl sites for hydroxylation is 1. The lowest BCUT2D eigenvalue weighted by Gasteiger charge is -2.04. The number of aromatic nitrogens is 3. The number of carboxylic acids is 1. The number of hydrogen-bond acceptors (Lipinski definition) is 4. The van der Waals surface area contributed by atoms with Crippen LogP contribution in [0.15, 0.2) is 12.7 Å². The molecule has 0 radical (unpaired) electrons. The van der Waals surface area contributed by atoms with Gasteiger partial charge < -0.3 is 10.8 Å². The Morgan fingerprint density at radius 1 is 1.75 bits per heavy atom. The van der Waals surface area contributed by atoms with Gasteiger partial charge in [-0.05, 0) is 6.42 Å². The Balaban J connectivity index is 2.31. The van der Waals surface area contributed by atoms with E-state index in [2.05, 4.69) is 10.1 Å². The van der Waals surface area contributed by atoms with Crippen molar-refractivity contribution in [2.75, 3.05) is 0 Å². The van der Waals surface area contributed by atoms with E-state index in [4.69, 9.17) is 10.8 Å². The Labute approximate surface area is 69.0 Å². The Kier molecular flexibility index (Phi) is 2.76. The van der Waals surface area contributed by atoms with Crippen molar-refractivity contribution in [3.8, 4) is 0 Å². The fourth-order valence-corrected chi connectivity index (χ4v) is 0.743. The molecule has 0 saturated carbocycles. The highest BCUT2D eigenvalue weighted by atomic mass is 16.4. The van der Waals surface area contributed by atoms with Gasteiger partial charge in [-0.15, -0.1) is 0 Å². The van der Waals surface area contributed by atoms with Crippen molar-refractivity contribution in [1.82, 2.24) is 14.8 Å². The van der Waals surface area contributed by atoms with Gasteiger partial charge in [0.05, 0.1) is 0 Å². The van der Waals surface area contributed by atoms with E-state index in [1.165, 1.54) is 12.7 Å². The lowest BCUT2D eigenvalue weighted by molar-refractivity contribution is -0.138. The second-order valence-electron chi connectivity index (χ2n) is 2.39. The van der Waals surface area contributed by atoms with Crippen molar-refractivity contribution in [3.63, 3.8) is 0 Å². The van der Waals surface area contributed by atoms with Crippen LogP contribution in [-0.4, -0.2) is 31.9 Å². The summed E-state index contributed by atoms with van der Waals surface area (Å²) < 4.78 is 1.54. The lowest BCUT2D eigenvalue weighted by atomic mass is 10.2. The second kappa shape index (κ2) is 3.82. The van der Waals surface area contributed by atoms with Crippen molar-refractivity contribution in [1.29, 1.82) is 0 Å². The molecular weight excluding hydrogens is 160 g/mol. The van der Waals surface area contributed by atoms with Crippen LogP contribution < -0.4 is 5.73 Å². The van der Waals surface area contributed by atoms with Gasteiger partial charge in [-0.1, -0.05) is 0 Å². The highest BCUT2D eigenvalue weighted by Gasteiger charge is 2.10. The van der Waals surface area contributed by atoms with Gasteiger partial charge in [0.2, 0.25) is 0 Å². The molecular formula is C6H10N4O2. The monoisotopic (exact) mass is 170 g/mol. The summed E-state index contributed by atoms with van der Waals surface area (Å²) >= 11 is 0. The smallest absolute Gasteiger partial charge is 0.320 e. The van der Waals surface area contributed by atoms with Gasteiger partial charge in [0.15, 0.2) is 0 Å². The van der Waals surface area contributed by atoms with Crippen LogP contribution in [0.25, 0.3) is 0 Å². The van der Waals surface area contributed by atoms with E-state index in [9.17, 15) is 4.79 Å². The van der Waals surface area contributed by atoms with Crippen LogP contribution in [-0.2, 0) is 11.3 Å². The maximum absolute atomic E-state index is 10.3. The van der Waals surface area contributed by atoms with Gasteiger partial charge in [0.1, 0.15) is 18.7 Å². The first kappa shape index (κ1) is 8.66. The number of hydrogen-bond donors (Lipinski definition) is 2. The first-order chi connectivity index (χ1) is 5.70. The Morgan fingerprint density at radius 3 is 3.00 bits per heavy atom. The summed E-state index contributed by atoms with van der Waals surface area (Å²) in [6.07, 6.45) is 3.28. The lowest BCUT2D eigenvalue weighted by Crippen LogP contribution is -2.31. The standard InChI is InChI=1S/C6H10N4O2/c7-5(6(11)12)1-2-10-4-8-3-9-10/h3-5H,1-2,7H2,(H,11,12)/t5-/m0/s1. The molecule has 0 amide bonds. The summed E-state index contributed by atoms with van der Waals surface area (Å²) in [7, 11) is 0. The molecule has 66 valence electrons. The molecule has 0 aliphatic carbocycles. The minimum Gasteiger partial charge on any atom is -0.480 e. The Hall–Kier alpha value is -1.43. The summed E-state index contributed by atoms with van der Waals surface area (Å²) in [6.45, 7) is 0.480. The first-order valence-corrected chi connectivity index (χ1v) is 3.51. The van der Waals surface area contributed by atoms with E-state index in [-0.39, 0.29) is 0 Å². The Bertz CT molecular complexity index is 246. The van der Waals surface area contributed by atoms with E-state index in [0.29, 0.717) is 13.0 Å². The predicted octanol–water partition coefficient (Wildman–Crippen LogP) is -0.920. The molecule has 0 aliphatic rings. The number of rotatable bonds is 4. The van der Waals surface area contributed by atoms with E-state index in [0.717, 1.165) is 0 Å². The normalized spacial score (nSPS) is 12.8. The quantitative estimate of drug-likeness (QED) is 0.609. The van der Waals surface area contributed by atoms with Crippen LogP contribution in [0.4, 0.5) is 0 Å². The maximum atomic E-state index is 10.3. The minimum atomic E-state index is -0.991. The topological polar surface area (TPSA) is 94.0 Å². The number of nitrogens with zero attached hydrogens (tertiary/aromatic N) is 3. The average molecular weight is 170 g/mol. The van der Waals surface area contributed by atoms with Crippen LogP contribution in [0.1, 0.15) is 6.42 Å². The first-order valence-electron chi connectivity index (χ1n) is 3.51. The fraction of sp³-hybridized carbons (Fsp3) is 0.500. The van der Waals surface area contributed by atoms with Crippen molar-refractivity contribution in [2.24, 2.45) is 5.73 Å². The molecule has 0 aliphatic heterocycles. The summed E-state index contributed by atoms with van der Waals surface area (Å²) in [5.74, 6) is -0.991. The minimum absolute atomic E-state index is 0.360. The molecule has 0 saturated heterocycles. The SMILES string of the molecule is N[C@@H](CCn1cncn1)C(=O)O. The van der Waals surface area contributed by atoms with Gasteiger partial charge in [-0.25, -0.2) is 4.98 Å². The molecule has 6 heteroatoms. The third-order valence-corrected chi connectivity index (χ3v) is 1.45. The number of carboxylic acid groups (broad SMARTS) is 1. The van der Waals surface area contributed by atoms with E-state index >= 15 is 0 Å². The van der Waals surface area contributed by atoms with Gasteiger partial charge in [0.25, 0.3) is 0 Å². The number of carbonyl (C=O) groups is 1. The zero-order valence-corrected chi connectivity index (χ0v) is 6.42. The molecule has 0 spiro atoms. The molecule has 0 bridgehead atoms. The van der Waals surface area contributed by atoms with Crippen LogP contribution in [0.2, 0.25) is 0 Å². The number of aliphatic carboxylic acids is 1. The van der Waals surface area contributed by atoms with Crippen molar-refractivity contribution < 1.29 is 9.90 Å². The third-order valence-electron chi connectivity index (χ3n) is 1.45. The molecule has 1 heterocycles. The van der Waals surface area contributed by atoms with Gasteiger partial charge in [0, 0.05) is 6.54 Å². The highest BCUT2D eigenvalue weighted by Crippen LogP contribution is 1.91. The highest BCUT2D eigenvalue weighted by molar-refractivity contribution is 5.72. The van der Waals surface area contributed by atoms with Gasteiger partial charge in [-0.2, -0.15) is 5.10 Å². The van der Waals surface area contributed by atoms with Gasteiger partial charge in [-0.3, -0.25) is 9.48 Å². The summed E-state index contributed by atoms with van der Waals surface area (Å²) in [6, 6.07) is -0.825. The molecule has 1 aromatic heterocycles. The molecule has 1 aromatic rings. The Morgan fingerprint density at radius 2 is 2.50 bits per heavy atom. The number of nitrogens with two attached hydrogens (primary N) is 1. The van der Waals surface area contributed by atoms with Crippen LogP contribution in [0.3, 0.4) is 0 Å². The molecule has 1 atom stereocenters. The van der Waals surface area contributed by atoms with E-state index < -0.39 is 12.0 Å². The van der Waals surface area contributed by atoms with Gasteiger partial charge >= 0.3 is 5.97 Å². The van der Waals surface area contributed by atoms with E-state index in [1.54, 1.807) is 4.68 Å². The summed E-state index contributed by atoms with van der Waals surface area (Å²) in [5.41, 5.74) is 5.27. The summed E-state index contributed by atoms with van der Waals surface area (Å²) in [5, 5.41) is 12.2. The molecule has 0 fully saturated rings. The third kappa shape index (κ3) is 2.31. The average Bonchev–Trinajstić information content (AvgIpc) is 2.51. The molecule has 12 heavy (non-hydrogen) atoms. The van der Waals surface area contributed by atoms with Crippen molar-refractivity contribution in [2.45, 2.75) is 19.0 Å². The van der Waals surface area contributed by atoms with Crippen molar-refractivity contribution >= 4 is 5.97 Å². The maximum Gasteiger partial charge on any atom is 0.320 e. The zero-order chi connectivity index (χ0) is 8.97. The fourth-order valence-electron chi connectivity index (χ4n) is 0.743. The molecule has 3 N–H and O–H groups in total. The van der Waals surface area contributed by atoms with Crippen LogP contribution >= 0.6 is 0 Å². The van der Waals surface area contributed by atoms with E-state index in [1.807, 2.05) is 0 Å². The molecule has 6 nitrogen and oxygen atoms in total. The van der Waals surface area contributed by atoms with Crippen molar-refractivity contribution in [3.05, 3.63) is 12.7 Å². The zero-order valence-electron chi connectivity index (χ0n) is 6.42. The van der Waals surface area contributed by atoms with Crippen LogP contribution in [0.5, 0.6) is 0 Å². The van der Waals surface area contributed by atoms with Crippen LogP contribution in [0, 0.1) is 0 Å². The predicted molar refractivity (Wildman–Crippen MR) is 40.3 cm³/mol. The molecule has 0 unspecified atom stereocenters. The second-order valence-corrected chi connectivity index (χ2v) is 2.39. The molecule has 1 rings (SSSR count). The molecule has 0 aromatic carbocycles. The largest absolute Gasteiger partial charge is 0.480 e. The summed E-state index contributed by atoms with van der Waals surface area (Å²) in [4.78, 5) is 14.0.